The van der Waals surface area contributed by atoms with Crippen LogP contribution in [0.1, 0.15) is 53.4 Å². The van der Waals surface area contributed by atoms with Crippen LogP contribution < -0.4 is 5.32 Å². The molecule has 0 radical (unpaired) electrons. The van der Waals surface area contributed by atoms with E-state index in [0.29, 0.717) is 4.87 Å². The van der Waals surface area contributed by atoms with E-state index in [2.05, 4.69) is 44.8 Å². The zero-order valence-corrected chi connectivity index (χ0v) is 10.9. The monoisotopic (exact) mass is 215 g/mol. The Labute approximate surface area is 93.4 Å². The maximum absolute atomic E-state index is 3.74. The van der Waals surface area contributed by atoms with Crippen LogP contribution >= 0.6 is 11.8 Å². The zero-order chi connectivity index (χ0) is 10.6. The molecule has 0 saturated carbocycles. The Balaban J connectivity index is 2.55. The van der Waals surface area contributed by atoms with Gasteiger partial charge in [-0.05, 0) is 31.7 Å². The van der Waals surface area contributed by atoms with Crippen molar-refractivity contribution < 1.29 is 0 Å². The van der Waals surface area contributed by atoms with E-state index in [9.17, 15) is 0 Å². The van der Waals surface area contributed by atoms with Crippen molar-refractivity contribution in [1.82, 2.24) is 5.32 Å². The van der Waals surface area contributed by atoms with Crippen LogP contribution in [0.5, 0.6) is 0 Å². The van der Waals surface area contributed by atoms with E-state index in [0.717, 1.165) is 11.2 Å². The molecule has 1 N–H and O–H groups in total. The van der Waals surface area contributed by atoms with Crippen molar-refractivity contribution in [3.05, 3.63) is 0 Å². The van der Waals surface area contributed by atoms with Crippen molar-refractivity contribution in [3.8, 4) is 0 Å². The summed E-state index contributed by atoms with van der Waals surface area (Å²) in [6.45, 7) is 10.6. The highest BCUT2D eigenvalue weighted by Crippen LogP contribution is 2.39. The second-order valence-corrected chi connectivity index (χ2v) is 6.53. The third-order valence-corrected chi connectivity index (χ3v) is 5.06. The third kappa shape index (κ3) is 3.16. The van der Waals surface area contributed by atoms with Gasteiger partial charge in [0.1, 0.15) is 0 Å². The van der Waals surface area contributed by atoms with Crippen LogP contribution in [0.15, 0.2) is 0 Å². The van der Waals surface area contributed by atoms with E-state index >= 15 is 0 Å². The van der Waals surface area contributed by atoms with Crippen LogP contribution in [0.25, 0.3) is 0 Å². The molecule has 1 fully saturated rings. The molecular weight excluding hydrogens is 190 g/mol. The molecule has 0 aromatic heterocycles. The van der Waals surface area contributed by atoms with Gasteiger partial charge in [-0.3, -0.25) is 0 Å². The Kier molecular flexibility index (Phi) is 4.78. The van der Waals surface area contributed by atoms with Crippen molar-refractivity contribution in [1.29, 1.82) is 0 Å². The van der Waals surface area contributed by atoms with Gasteiger partial charge in [0.2, 0.25) is 0 Å². The summed E-state index contributed by atoms with van der Waals surface area (Å²) in [7, 11) is 0. The van der Waals surface area contributed by atoms with Gasteiger partial charge in [-0.15, -0.1) is 11.8 Å². The zero-order valence-electron chi connectivity index (χ0n) is 10.1. The Morgan fingerprint density at radius 3 is 2.71 bits per heavy atom. The van der Waals surface area contributed by atoms with E-state index in [1.807, 2.05) is 0 Å². The quantitative estimate of drug-likeness (QED) is 0.768. The topological polar surface area (TPSA) is 12.0 Å². The fourth-order valence-electron chi connectivity index (χ4n) is 2.17. The highest BCUT2D eigenvalue weighted by molar-refractivity contribution is 8.01. The number of hydrogen-bond donors (Lipinski definition) is 1. The third-order valence-electron chi connectivity index (χ3n) is 3.37. The predicted octanol–water partition coefficient (Wildman–Crippen LogP) is 3.64. The summed E-state index contributed by atoms with van der Waals surface area (Å²) in [6.07, 6.45) is 5.21. The van der Waals surface area contributed by atoms with Crippen LogP contribution in [-0.4, -0.2) is 16.7 Å². The van der Waals surface area contributed by atoms with Crippen LogP contribution in [0, 0.1) is 5.92 Å². The molecule has 1 aliphatic rings. The minimum atomic E-state index is 0.382. The number of nitrogens with one attached hydrogen (secondary N) is 1. The second kappa shape index (κ2) is 5.41. The van der Waals surface area contributed by atoms with Crippen LogP contribution in [0.3, 0.4) is 0 Å². The largest absolute Gasteiger partial charge is 0.303 e. The van der Waals surface area contributed by atoms with Crippen molar-refractivity contribution in [2.45, 2.75) is 63.5 Å². The van der Waals surface area contributed by atoms with Crippen molar-refractivity contribution >= 4 is 11.8 Å². The number of rotatable bonds is 4. The van der Waals surface area contributed by atoms with Gasteiger partial charge in [0.25, 0.3) is 0 Å². The van der Waals surface area contributed by atoms with Crippen molar-refractivity contribution in [3.63, 3.8) is 0 Å². The smallest absolute Gasteiger partial charge is 0.0647 e. The SMILES string of the molecule is CCC(C)CC1(CC)NCCC(C)S1. The van der Waals surface area contributed by atoms with E-state index in [1.165, 1.54) is 32.2 Å². The highest BCUT2D eigenvalue weighted by Gasteiger charge is 2.34. The standard InChI is InChI=1S/C12H25NS/c1-5-10(3)9-12(6-2)13-8-7-11(4)14-12/h10-11,13H,5-9H2,1-4H3. The molecule has 0 aromatic rings. The summed E-state index contributed by atoms with van der Waals surface area (Å²) >= 11 is 2.17. The lowest BCUT2D eigenvalue weighted by Gasteiger charge is -2.41. The number of thioether (sulfide) groups is 1. The van der Waals surface area contributed by atoms with E-state index in [1.54, 1.807) is 0 Å². The molecule has 3 atom stereocenters. The molecule has 0 aromatic carbocycles. The Morgan fingerprint density at radius 1 is 1.50 bits per heavy atom. The molecule has 1 nitrogen and oxygen atoms in total. The van der Waals surface area contributed by atoms with Gasteiger partial charge in [-0.1, -0.05) is 34.1 Å². The minimum absolute atomic E-state index is 0.382. The summed E-state index contributed by atoms with van der Waals surface area (Å²) in [6, 6.07) is 0. The molecule has 2 heteroatoms. The first kappa shape index (κ1) is 12.4. The summed E-state index contributed by atoms with van der Waals surface area (Å²) in [4.78, 5) is 0.382. The fraction of sp³-hybridized carbons (Fsp3) is 1.00. The average Bonchev–Trinajstić information content (AvgIpc) is 2.17. The summed E-state index contributed by atoms with van der Waals surface area (Å²) in [5, 5.41) is 4.57. The van der Waals surface area contributed by atoms with Gasteiger partial charge >= 0.3 is 0 Å². The fourth-order valence-corrected chi connectivity index (χ4v) is 3.91. The molecule has 1 saturated heterocycles. The molecule has 1 aliphatic heterocycles. The maximum Gasteiger partial charge on any atom is 0.0647 e. The van der Waals surface area contributed by atoms with Gasteiger partial charge < -0.3 is 5.32 Å². The molecule has 0 amide bonds. The van der Waals surface area contributed by atoms with Gasteiger partial charge in [0.05, 0.1) is 4.87 Å². The lowest BCUT2D eigenvalue weighted by molar-refractivity contribution is 0.339. The van der Waals surface area contributed by atoms with Crippen molar-refractivity contribution in [2.75, 3.05) is 6.54 Å². The molecule has 1 heterocycles. The van der Waals surface area contributed by atoms with Crippen LogP contribution in [0.2, 0.25) is 0 Å². The lowest BCUT2D eigenvalue weighted by atomic mass is 9.96. The first-order chi connectivity index (χ1) is 6.62. The highest BCUT2D eigenvalue weighted by atomic mass is 32.2. The van der Waals surface area contributed by atoms with Gasteiger partial charge in [0.15, 0.2) is 0 Å². The van der Waals surface area contributed by atoms with Gasteiger partial charge in [-0.25, -0.2) is 0 Å². The molecule has 3 unspecified atom stereocenters. The van der Waals surface area contributed by atoms with Crippen molar-refractivity contribution in [2.24, 2.45) is 5.92 Å². The average molecular weight is 215 g/mol. The molecule has 1 rings (SSSR count). The summed E-state index contributed by atoms with van der Waals surface area (Å²) in [5.74, 6) is 0.847. The van der Waals surface area contributed by atoms with Gasteiger partial charge in [-0.2, -0.15) is 0 Å². The summed E-state index contributed by atoms with van der Waals surface area (Å²) < 4.78 is 0. The Hall–Kier alpha value is 0.310. The van der Waals surface area contributed by atoms with E-state index in [4.69, 9.17) is 0 Å². The van der Waals surface area contributed by atoms with E-state index in [-0.39, 0.29) is 0 Å². The van der Waals surface area contributed by atoms with E-state index < -0.39 is 0 Å². The van der Waals surface area contributed by atoms with Gasteiger partial charge in [0, 0.05) is 5.25 Å². The maximum atomic E-state index is 3.74. The first-order valence-corrected chi connectivity index (χ1v) is 6.92. The molecule has 84 valence electrons. The molecule has 14 heavy (non-hydrogen) atoms. The predicted molar refractivity (Wildman–Crippen MR) is 66.8 cm³/mol. The molecule has 0 aliphatic carbocycles. The molecule has 0 spiro atoms. The normalized spacial score (nSPS) is 35.6. The second-order valence-electron chi connectivity index (χ2n) is 4.71. The van der Waals surface area contributed by atoms with Crippen LogP contribution in [-0.2, 0) is 0 Å². The Bertz CT molecular complexity index is 172. The Morgan fingerprint density at radius 2 is 2.21 bits per heavy atom. The minimum Gasteiger partial charge on any atom is -0.303 e. The van der Waals surface area contributed by atoms with Crippen LogP contribution in [0.4, 0.5) is 0 Å². The number of hydrogen-bond acceptors (Lipinski definition) is 2. The summed E-state index contributed by atoms with van der Waals surface area (Å²) in [5.41, 5.74) is 0. The first-order valence-electron chi connectivity index (χ1n) is 6.04. The molecular formula is C12H25NS. The lowest BCUT2D eigenvalue weighted by Crippen LogP contribution is -2.48. The molecule has 0 bridgehead atoms.